The molecule has 4 aliphatic rings. The van der Waals surface area contributed by atoms with E-state index < -0.39 is 8.32 Å². The summed E-state index contributed by atoms with van der Waals surface area (Å²) >= 11 is 0. The highest BCUT2D eigenvalue weighted by molar-refractivity contribution is 6.69. The quantitative estimate of drug-likeness (QED) is 0.645. The molecule has 0 aliphatic heterocycles. The largest absolute Gasteiger partial charge is 0.407 e. The average molecular weight is 375 g/mol. The Morgan fingerprint density at radius 3 is 2.38 bits per heavy atom. The van der Waals surface area contributed by atoms with Gasteiger partial charge >= 0.3 is 0 Å². The fraction of sp³-hybridized carbons (Fsp3) is 0.818. The van der Waals surface area contributed by atoms with Gasteiger partial charge in [-0.15, -0.1) is 0 Å². The Bertz CT molecular complexity index is 675. The summed E-state index contributed by atoms with van der Waals surface area (Å²) in [5, 5.41) is 0. The molecule has 4 aliphatic carbocycles. The zero-order valence-electron chi connectivity index (χ0n) is 17.1. The number of hydrogen-bond donors (Lipinski definition) is 0. The average Bonchev–Trinajstić information content (AvgIpc) is 2.83. The number of fused-ring (bicyclic) bond motifs is 5. The lowest BCUT2D eigenvalue weighted by atomic mass is 9.47. The summed E-state index contributed by atoms with van der Waals surface area (Å²) in [6.07, 6.45) is 8.75. The summed E-state index contributed by atoms with van der Waals surface area (Å²) < 4.78 is 6.30. The molecule has 0 aromatic rings. The minimum Gasteiger partial charge on any atom is -0.407 e. The molecule has 6 atom stereocenters. The van der Waals surface area contributed by atoms with Gasteiger partial charge in [-0.1, -0.05) is 19.4 Å². The van der Waals surface area contributed by atoms with Crippen molar-refractivity contribution in [2.45, 2.75) is 84.5 Å². The molecular formula is C22H34O3Si. The van der Waals surface area contributed by atoms with Crippen molar-refractivity contribution in [3.63, 3.8) is 0 Å². The van der Waals surface area contributed by atoms with Crippen molar-refractivity contribution < 1.29 is 14.0 Å². The molecule has 4 rings (SSSR count). The Kier molecular flexibility index (Phi) is 4.21. The third kappa shape index (κ3) is 2.71. The first-order chi connectivity index (χ1) is 12.0. The van der Waals surface area contributed by atoms with E-state index in [1.807, 2.05) is 6.08 Å². The van der Waals surface area contributed by atoms with E-state index in [4.69, 9.17) is 4.43 Å². The highest BCUT2D eigenvalue weighted by Gasteiger charge is 2.59. The van der Waals surface area contributed by atoms with Crippen LogP contribution in [0.25, 0.3) is 0 Å². The lowest BCUT2D eigenvalue weighted by Crippen LogP contribution is -2.53. The molecule has 4 heteroatoms. The van der Waals surface area contributed by atoms with Gasteiger partial charge in [-0.2, -0.15) is 0 Å². The summed E-state index contributed by atoms with van der Waals surface area (Å²) in [4.78, 5) is 25.2. The molecule has 3 fully saturated rings. The molecule has 0 bridgehead atoms. The Hall–Kier alpha value is -0.743. The van der Waals surface area contributed by atoms with E-state index in [1.165, 1.54) is 5.57 Å². The number of carbonyl (C=O) groups excluding carboxylic acids is 2. The van der Waals surface area contributed by atoms with Crippen LogP contribution in [0.3, 0.4) is 0 Å². The van der Waals surface area contributed by atoms with Crippen LogP contribution in [0.1, 0.15) is 58.8 Å². The number of allylic oxidation sites excluding steroid dienone is 1. The van der Waals surface area contributed by atoms with E-state index in [-0.39, 0.29) is 22.7 Å². The molecule has 144 valence electrons. The van der Waals surface area contributed by atoms with Gasteiger partial charge in [0, 0.05) is 11.8 Å². The van der Waals surface area contributed by atoms with Crippen molar-refractivity contribution in [3.8, 4) is 0 Å². The molecular weight excluding hydrogens is 340 g/mol. The molecule has 0 heterocycles. The van der Waals surface area contributed by atoms with Crippen LogP contribution < -0.4 is 0 Å². The van der Waals surface area contributed by atoms with Crippen LogP contribution in [-0.2, 0) is 14.0 Å². The summed E-state index contributed by atoms with van der Waals surface area (Å²) in [5.41, 5.74) is 1.37. The van der Waals surface area contributed by atoms with Gasteiger partial charge in [0.05, 0.1) is 0 Å². The van der Waals surface area contributed by atoms with Crippen LogP contribution in [0.5, 0.6) is 0 Å². The van der Waals surface area contributed by atoms with Gasteiger partial charge < -0.3 is 4.43 Å². The number of hydrogen-bond acceptors (Lipinski definition) is 3. The molecule has 0 radical (unpaired) electrons. The van der Waals surface area contributed by atoms with Crippen LogP contribution in [0.2, 0.25) is 19.6 Å². The van der Waals surface area contributed by atoms with Crippen molar-refractivity contribution in [2.75, 3.05) is 0 Å². The summed E-state index contributed by atoms with van der Waals surface area (Å²) in [7, 11) is -1.76. The van der Waals surface area contributed by atoms with Crippen LogP contribution in [0, 0.1) is 28.6 Å². The van der Waals surface area contributed by atoms with E-state index in [1.54, 1.807) is 0 Å². The van der Waals surface area contributed by atoms with Gasteiger partial charge in [-0.3, -0.25) is 9.59 Å². The maximum absolute atomic E-state index is 12.7. The summed E-state index contributed by atoms with van der Waals surface area (Å²) in [5.74, 6) is 2.50. The topological polar surface area (TPSA) is 43.4 Å². The minimum atomic E-state index is -1.76. The van der Waals surface area contributed by atoms with Gasteiger partial charge in [0.15, 0.2) is 14.1 Å². The van der Waals surface area contributed by atoms with E-state index in [2.05, 4.69) is 33.5 Å². The second-order valence-electron chi connectivity index (χ2n) is 10.7. The fourth-order valence-corrected chi connectivity index (χ4v) is 7.95. The molecule has 0 saturated heterocycles. The monoisotopic (exact) mass is 374 g/mol. The normalized spacial score (nSPS) is 45.7. The Balaban J connectivity index is 1.65. The second-order valence-corrected chi connectivity index (χ2v) is 15.2. The minimum absolute atomic E-state index is 0.0720. The molecule has 0 aromatic carbocycles. The molecule has 26 heavy (non-hydrogen) atoms. The maximum atomic E-state index is 12.7. The summed E-state index contributed by atoms with van der Waals surface area (Å²) in [6, 6.07) is 0. The number of carbonyl (C=O) groups is 2. The lowest BCUT2D eigenvalue weighted by Gasteiger charge is -2.57. The highest BCUT2D eigenvalue weighted by Crippen LogP contribution is 2.64. The highest BCUT2D eigenvalue weighted by atomic mass is 28.4. The predicted molar refractivity (Wildman–Crippen MR) is 105 cm³/mol. The second kappa shape index (κ2) is 5.87. The molecule has 3 nitrogen and oxygen atoms in total. The van der Waals surface area contributed by atoms with Gasteiger partial charge in [0.2, 0.25) is 0 Å². The van der Waals surface area contributed by atoms with Gasteiger partial charge in [-0.05, 0) is 87.4 Å². The zero-order valence-corrected chi connectivity index (χ0v) is 18.1. The lowest BCUT2D eigenvalue weighted by molar-refractivity contribution is -0.134. The Morgan fingerprint density at radius 2 is 1.69 bits per heavy atom. The van der Waals surface area contributed by atoms with Gasteiger partial charge in [0.25, 0.3) is 0 Å². The van der Waals surface area contributed by atoms with Crippen LogP contribution in [0.15, 0.2) is 11.6 Å². The fourth-order valence-electron chi connectivity index (χ4n) is 6.89. The molecule has 0 N–H and O–H groups in total. The van der Waals surface area contributed by atoms with Crippen molar-refractivity contribution in [2.24, 2.45) is 28.6 Å². The van der Waals surface area contributed by atoms with Crippen LogP contribution in [0.4, 0.5) is 0 Å². The molecule has 0 amide bonds. The van der Waals surface area contributed by atoms with E-state index in [0.29, 0.717) is 23.5 Å². The van der Waals surface area contributed by atoms with Crippen LogP contribution >= 0.6 is 0 Å². The SMILES string of the molecule is C[C@]12CC(O[Si](C)(C)C)C(=O)C=C1CC[C@@H]1[C@@H]2CC[C@]2(C)C(=O)CC[C@@H]12. The summed E-state index contributed by atoms with van der Waals surface area (Å²) in [6.45, 7) is 11.1. The first-order valence-corrected chi connectivity index (χ1v) is 13.9. The predicted octanol–water partition coefficient (Wildman–Crippen LogP) is 4.92. The molecule has 0 spiro atoms. The number of ketones is 2. The number of Topliss-reactive ketones (excluding diaryl/α,β-unsaturated/α-hetero) is 1. The van der Waals surface area contributed by atoms with E-state index in [9.17, 15) is 9.59 Å². The molecule has 3 saturated carbocycles. The number of rotatable bonds is 2. The Morgan fingerprint density at radius 1 is 1.00 bits per heavy atom. The zero-order chi connectivity index (χ0) is 18.9. The smallest absolute Gasteiger partial charge is 0.184 e. The van der Waals surface area contributed by atoms with Crippen molar-refractivity contribution in [1.82, 2.24) is 0 Å². The third-order valence-corrected chi connectivity index (χ3v) is 9.18. The van der Waals surface area contributed by atoms with Crippen molar-refractivity contribution in [1.29, 1.82) is 0 Å². The third-order valence-electron chi connectivity index (χ3n) is 8.18. The first-order valence-electron chi connectivity index (χ1n) is 10.5. The standard InChI is InChI=1S/C22H34O3Si/c1-21-11-10-17-15(16(21)8-9-20(21)24)7-6-14-12-18(23)19(13-22(14,17)2)25-26(3,4)5/h12,15-17,19H,6-11,13H2,1-5H3/t15-,16-,17-,19?,21-,22-/m0/s1. The first kappa shape index (κ1) is 18.6. The van der Waals surface area contributed by atoms with Crippen molar-refractivity contribution in [3.05, 3.63) is 11.6 Å². The molecule has 0 aromatic heterocycles. The van der Waals surface area contributed by atoms with E-state index in [0.717, 1.165) is 44.9 Å². The van der Waals surface area contributed by atoms with E-state index >= 15 is 0 Å². The molecule has 1 unspecified atom stereocenters. The maximum Gasteiger partial charge on any atom is 0.184 e. The van der Waals surface area contributed by atoms with Crippen molar-refractivity contribution >= 4 is 19.9 Å². The van der Waals surface area contributed by atoms with Gasteiger partial charge in [0.1, 0.15) is 11.9 Å². The Labute approximate surface area is 159 Å². The van der Waals surface area contributed by atoms with Crippen LogP contribution in [-0.4, -0.2) is 26.0 Å². The van der Waals surface area contributed by atoms with Gasteiger partial charge in [-0.25, -0.2) is 0 Å².